The van der Waals surface area contributed by atoms with Crippen LogP contribution in [-0.2, 0) is 4.74 Å². The summed E-state index contributed by atoms with van der Waals surface area (Å²) in [5.41, 5.74) is 9.62. The van der Waals surface area contributed by atoms with Crippen molar-refractivity contribution in [1.29, 1.82) is 0 Å². The highest BCUT2D eigenvalue weighted by Crippen LogP contribution is 2.42. The van der Waals surface area contributed by atoms with Gasteiger partial charge in [-0.2, -0.15) is 0 Å². The van der Waals surface area contributed by atoms with Crippen LogP contribution in [0.4, 0.5) is 5.69 Å². The zero-order chi connectivity index (χ0) is 20.3. The van der Waals surface area contributed by atoms with Crippen molar-refractivity contribution in [3.63, 3.8) is 0 Å². The van der Waals surface area contributed by atoms with E-state index in [0.717, 1.165) is 29.7 Å². The molecule has 3 atom stereocenters. The van der Waals surface area contributed by atoms with Crippen LogP contribution in [0.1, 0.15) is 46.7 Å². The molecule has 2 N–H and O–H groups in total. The van der Waals surface area contributed by atoms with Gasteiger partial charge in [-0.05, 0) is 67.5 Å². The molecule has 150 valence electrons. The van der Waals surface area contributed by atoms with Gasteiger partial charge in [0.15, 0.2) is 5.78 Å². The quantitative estimate of drug-likeness (QED) is 0.592. The smallest absolute Gasteiger partial charge is 0.170 e. The number of ketones is 1. The van der Waals surface area contributed by atoms with E-state index in [1.54, 1.807) is 39.5 Å². The molecule has 0 spiro atoms. The van der Waals surface area contributed by atoms with E-state index in [9.17, 15) is 4.79 Å². The predicted octanol–water partition coefficient (Wildman–Crippen LogP) is 4.38. The number of ether oxygens (including phenoxy) is 3. The molecule has 2 aromatic rings. The summed E-state index contributed by atoms with van der Waals surface area (Å²) in [6.45, 7) is 1.99. The van der Waals surface area contributed by atoms with Gasteiger partial charge in [-0.15, -0.1) is 0 Å². The van der Waals surface area contributed by atoms with Crippen molar-refractivity contribution in [1.82, 2.24) is 0 Å². The number of methoxy groups -OCH3 is 3. The topological polar surface area (TPSA) is 70.8 Å². The largest absolute Gasteiger partial charge is 0.497 e. The van der Waals surface area contributed by atoms with E-state index >= 15 is 0 Å². The summed E-state index contributed by atoms with van der Waals surface area (Å²) < 4.78 is 16.4. The Morgan fingerprint density at radius 2 is 1.82 bits per heavy atom. The zero-order valence-electron chi connectivity index (χ0n) is 17.0. The van der Waals surface area contributed by atoms with Crippen LogP contribution in [0, 0.1) is 12.8 Å². The first-order valence-electron chi connectivity index (χ1n) is 9.63. The molecule has 3 unspecified atom stereocenters. The van der Waals surface area contributed by atoms with Crippen molar-refractivity contribution in [2.24, 2.45) is 5.92 Å². The summed E-state index contributed by atoms with van der Waals surface area (Å²) in [4.78, 5) is 13.6. The number of hydrogen-bond donors (Lipinski definition) is 1. The number of rotatable bonds is 6. The van der Waals surface area contributed by atoms with Crippen LogP contribution in [0.15, 0.2) is 36.4 Å². The standard InChI is InChI=1S/C23H29NO4/c1-14-5-6-15(11-21(14)24)18-9-7-16(26-2)12-19(18)23(25)20-13-17(27-3)8-10-22(20)28-4/h5-6,8,10-11,13,16,18-19H,7,9,12,24H2,1-4H3. The fraction of sp³-hybridized carbons (Fsp3) is 0.435. The number of anilines is 1. The lowest BCUT2D eigenvalue weighted by molar-refractivity contribution is 0.0388. The average molecular weight is 383 g/mol. The van der Waals surface area contributed by atoms with Gasteiger partial charge >= 0.3 is 0 Å². The summed E-state index contributed by atoms with van der Waals surface area (Å²) in [7, 11) is 4.88. The van der Waals surface area contributed by atoms with E-state index in [4.69, 9.17) is 19.9 Å². The fourth-order valence-electron chi connectivity index (χ4n) is 4.13. The lowest BCUT2D eigenvalue weighted by Crippen LogP contribution is -2.33. The van der Waals surface area contributed by atoms with Gasteiger partial charge in [0.1, 0.15) is 11.5 Å². The van der Waals surface area contributed by atoms with Gasteiger partial charge in [-0.1, -0.05) is 12.1 Å². The van der Waals surface area contributed by atoms with E-state index in [1.165, 1.54) is 0 Å². The van der Waals surface area contributed by atoms with Gasteiger partial charge in [0.05, 0.1) is 25.9 Å². The number of hydrogen-bond acceptors (Lipinski definition) is 5. The monoisotopic (exact) mass is 383 g/mol. The number of benzene rings is 2. The molecule has 0 aromatic heterocycles. The third-order valence-electron chi connectivity index (χ3n) is 5.88. The number of carbonyl (C=O) groups excluding carboxylic acids is 1. The van der Waals surface area contributed by atoms with Gasteiger partial charge in [-0.3, -0.25) is 4.79 Å². The SMILES string of the molecule is COc1ccc(OC)c(C(=O)C2CC(OC)CCC2c2ccc(C)c(N)c2)c1. The van der Waals surface area contributed by atoms with Gasteiger partial charge in [-0.25, -0.2) is 0 Å². The molecule has 0 amide bonds. The van der Waals surface area contributed by atoms with Gasteiger partial charge in [0.25, 0.3) is 0 Å². The van der Waals surface area contributed by atoms with E-state index in [1.807, 2.05) is 19.1 Å². The zero-order valence-corrected chi connectivity index (χ0v) is 17.0. The Morgan fingerprint density at radius 1 is 1.04 bits per heavy atom. The molecule has 3 rings (SSSR count). The Hall–Kier alpha value is -2.53. The molecule has 0 heterocycles. The number of carbonyl (C=O) groups is 1. The molecule has 0 bridgehead atoms. The second kappa shape index (κ2) is 8.65. The first-order chi connectivity index (χ1) is 13.5. The summed E-state index contributed by atoms with van der Waals surface area (Å²) in [6.07, 6.45) is 2.55. The first kappa shape index (κ1) is 20.2. The Bertz CT molecular complexity index is 848. The average Bonchev–Trinajstić information content (AvgIpc) is 2.74. The minimum Gasteiger partial charge on any atom is -0.497 e. The molecular formula is C23H29NO4. The van der Waals surface area contributed by atoms with Crippen LogP contribution < -0.4 is 15.2 Å². The van der Waals surface area contributed by atoms with Crippen molar-refractivity contribution in [3.05, 3.63) is 53.1 Å². The third-order valence-corrected chi connectivity index (χ3v) is 5.88. The summed E-state index contributed by atoms with van der Waals surface area (Å²) >= 11 is 0. The number of Topliss-reactive ketones (excluding diaryl/α,β-unsaturated/α-hetero) is 1. The highest BCUT2D eigenvalue weighted by atomic mass is 16.5. The summed E-state index contributed by atoms with van der Waals surface area (Å²) in [5.74, 6) is 1.15. The molecule has 5 nitrogen and oxygen atoms in total. The Labute approximate surface area is 166 Å². The molecule has 0 radical (unpaired) electrons. The Morgan fingerprint density at radius 3 is 2.46 bits per heavy atom. The number of aryl methyl sites for hydroxylation is 1. The third kappa shape index (κ3) is 3.99. The second-order valence-electron chi connectivity index (χ2n) is 7.43. The lowest BCUT2D eigenvalue weighted by atomic mass is 9.71. The minimum absolute atomic E-state index is 0.0571. The van der Waals surface area contributed by atoms with Crippen LogP contribution >= 0.6 is 0 Å². The van der Waals surface area contributed by atoms with Crippen molar-refractivity contribution in [3.8, 4) is 11.5 Å². The molecule has 1 saturated carbocycles. The summed E-state index contributed by atoms with van der Waals surface area (Å²) in [6, 6.07) is 11.5. The van der Waals surface area contributed by atoms with Crippen LogP contribution in [0.5, 0.6) is 11.5 Å². The molecule has 2 aromatic carbocycles. The van der Waals surface area contributed by atoms with E-state index in [0.29, 0.717) is 23.5 Å². The van der Waals surface area contributed by atoms with Gasteiger partial charge < -0.3 is 19.9 Å². The van der Waals surface area contributed by atoms with Gasteiger partial charge in [0, 0.05) is 18.7 Å². The highest BCUT2D eigenvalue weighted by Gasteiger charge is 2.37. The first-order valence-corrected chi connectivity index (χ1v) is 9.63. The van der Waals surface area contributed by atoms with E-state index in [2.05, 4.69) is 6.07 Å². The number of nitrogens with two attached hydrogens (primary N) is 1. The Balaban J connectivity index is 2.00. The van der Waals surface area contributed by atoms with Crippen LogP contribution in [0.2, 0.25) is 0 Å². The van der Waals surface area contributed by atoms with Crippen molar-refractivity contribution < 1.29 is 19.0 Å². The second-order valence-corrected chi connectivity index (χ2v) is 7.43. The molecular weight excluding hydrogens is 354 g/mol. The lowest BCUT2D eigenvalue weighted by Gasteiger charge is -2.35. The van der Waals surface area contributed by atoms with Crippen LogP contribution in [0.25, 0.3) is 0 Å². The van der Waals surface area contributed by atoms with E-state index in [-0.39, 0.29) is 23.7 Å². The van der Waals surface area contributed by atoms with Crippen LogP contribution in [-0.4, -0.2) is 33.2 Å². The molecule has 0 saturated heterocycles. The number of nitrogen functional groups attached to an aromatic ring is 1. The van der Waals surface area contributed by atoms with Gasteiger partial charge in [0.2, 0.25) is 0 Å². The van der Waals surface area contributed by atoms with E-state index < -0.39 is 0 Å². The van der Waals surface area contributed by atoms with Crippen molar-refractivity contribution in [2.75, 3.05) is 27.1 Å². The molecule has 1 fully saturated rings. The fourth-order valence-corrected chi connectivity index (χ4v) is 4.13. The maximum absolute atomic E-state index is 13.6. The predicted molar refractivity (Wildman–Crippen MR) is 110 cm³/mol. The maximum Gasteiger partial charge on any atom is 0.170 e. The maximum atomic E-state index is 13.6. The molecule has 1 aliphatic carbocycles. The highest BCUT2D eigenvalue weighted by molar-refractivity contribution is 6.01. The molecule has 1 aliphatic rings. The summed E-state index contributed by atoms with van der Waals surface area (Å²) in [5, 5.41) is 0. The minimum atomic E-state index is -0.207. The molecule has 28 heavy (non-hydrogen) atoms. The van der Waals surface area contributed by atoms with Crippen molar-refractivity contribution >= 4 is 11.5 Å². The van der Waals surface area contributed by atoms with Crippen LogP contribution in [0.3, 0.4) is 0 Å². The molecule has 0 aliphatic heterocycles. The Kier molecular flexibility index (Phi) is 6.25. The van der Waals surface area contributed by atoms with Crippen molar-refractivity contribution in [2.45, 2.75) is 38.2 Å². The normalized spacial score (nSPS) is 21.9. The molecule has 5 heteroatoms.